The molecule has 1 amide bonds. The van der Waals surface area contributed by atoms with Crippen molar-refractivity contribution in [1.82, 2.24) is 10.3 Å². The van der Waals surface area contributed by atoms with Crippen LogP contribution >= 0.6 is 11.3 Å². The Morgan fingerprint density at radius 3 is 2.80 bits per heavy atom. The predicted molar refractivity (Wildman–Crippen MR) is 75.8 cm³/mol. The molecule has 7 heteroatoms. The zero-order valence-corrected chi connectivity index (χ0v) is 11.5. The fourth-order valence-electron chi connectivity index (χ4n) is 1.57. The largest absolute Gasteiger partial charge is 0.476 e. The maximum Gasteiger partial charge on any atom is 0.355 e. The van der Waals surface area contributed by atoms with Gasteiger partial charge in [-0.25, -0.2) is 9.78 Å². The summed E-state index contributed by atoms with van der Waals surface area (Å²) >= 11 is 1.19. The van der Waals surface area contributed by atoms with Gasteiger partial charge < -0.3 is 16.2 Å². The molecular weight excluding hydrogens is 278 g/mol. The molecule has 2 aromatic rings. The van der Waals surface area contributed by atoms with Crippen molar-refractivity contribution in [3.05, 3.63) is 45.4 Å². The first-order chi connectivity index (χ1) is 9.47. The molecule has 1 aromatic heterocycles. The van der Waals surface area contributed by atoms with Crippen molar-refractivity contribution in [1.29, 1.82) is 0 Å². The summed E-state index contributed by atoms with van der Waals surface area (Å²) in [5, 5.41) is 13.4. The van der Waals surface area contributed by atoms with Crippen LogP contribution in [0, 0.1) is 6.92 Å². The van der Waals surface area contributed by atoms with Gasteiger partial charge in [-0.1, -0.05) is 0 Å². The minimum Gasteiger partial charge on any atom is -0.476 e. The number of hydrogen-bond acceptors (Lipinski definition) is 5. The molecular formula is C13H13N3O3S. The Labute approximate surface area is 119 Å². The van der Waals surface area contributed by atoms with E-state index in [4.69, 9.17) is 10.8 Å². The van der Waals surface area contributed by atoms with E-state index >= 15 is 0 Å². The van der Waals surface area contributed by atoms with E-state index in [2.05, 4.69) is 10.3 Å². The minimum atomic E-state index is -1.08. The first kappa shape index (κ1) is 14.0. The van der Waals surface area contributed by atoms with Gasteiger partial charge in [-0.05, 0) is 30.7 Å². The second-order valence-corrected chi connectivity index (χ2v) is 5.13. The van der Waals surface area contributed by atoms with E-state index in [0.29, 0.717) is 16.3 Å². The summed E-state index contributed by atoms with van der Waals surface area (Å²) in [5.41, 5.74) is 7.65. The molecule has 1 aromatic carbocycles. The predicted octanol–water partition coefficient (Wildman–Crippen LogP) is 1.66. The number of anilines is 1. The highest BCUT2D eigenvalue weighted by Crippen LogP contribution is 2.13. The Morgan fingerprint density at radius 2 is 2.20 bits per heavy atom. The van der Waals surface area contributed by atoms with E-state index in [0.717, 1.165) is 5.56 Å². The molecule has 20 heavy (non-hydrogen) atoms. The van der Waals surface area contributed by atoms with Gasteiger partial charge in [0.2, 0.25) is 0 Å². The highest BCUT2D eigenvalue weighted by atomic mass is 32.1. The van der Waals surface area contributed by atoms with E-state index < -0.39 is 5.97 Å². The number of rotatable bonds is 4. The smallest absolute Gasteiger partial charge is 0.355 e. The van der Waals surface area contributed by atoms with E-state index in [9.17, 15) is 9.59 Å². The van der Waals surface area contributed by atoms with Crippen LogP contribution in [0.5, 0.6) is 0 Å². The number of nitrogen functional groups attached to an aromatic ring is 1. The Kier molecular flexibility index (Phi) is 3.99. The Morgan fingerprint density at radius 1 is 1.45 bits per heavy atom. The van der Waals surface area contributed by atoms with Crippen LogP contribution in [0.4, 0.5) is 5.69 Å². The lowest BCUT2D eigenvalue weighted by Gasteiger charge is -2.05. The molecule has 0 aliphatic carbocycles. The molecule has 0 bridgehead atoms. The lowest BCUT2D eigenvalue weighted by atomic mass is 10.1. The Bertz CT molecular complexity index is 667. The number of carbonyl (C=O) groups is 2. The number of aromatic nitrogens is 1. The number of carboxylic acids is 1. The van der Waals surface area contributed by atoms with Gasteiger partial charge in [-0.15, -0.1) is 11.3 Å². The first-order valence-electron chi connectivity index (χ1n) is 5.79. The molecule has 0 atom stereocenters. The van der Waals surface area contributed by atoms with E-state index in [1.807, 2.05) is 6.92 Å². The highest BCUT2D eigenvalue weighted by Gasteiger charge is 2.11. The van der Waals surface area contributed by atoms with Crippen LogP contribution < -0.4 is 11.1 Å². The average molecular weight is 291 g/mol. The van der Waals surface area contributed by atoms with Crippen molar-refractivity contribution in [2.45, 2.75) is 13.5 Å². The van der Waals surface area contributed by atoms with Gasteiger partial charge in [0.15, 0.2) is 5.69 Å². The summed E-state index contributed by atoms with van der Waals surface area (Å²) in [5.74, 6) is -1.33. The summed E-state index contributed by atoms with van der Waals surface area (Å²) in [6.45, 7) is 2.02. The molecule has 4 N–H and O–H groups in total. The number of carbonyl (C=O) groups excluding carboxylic acids is 1. The zero-order valence-electron chi connectivity index (χ0n) is 10.7. The van der Waals surface area contributed by atoms with Crippen LogP contribution in [-0.2, 0) is 6.54 Å². The van der Waals surface area contributed by atoms with Crippen LogP contribution in [0.25, 0.3) is 0 Å². The molecule has 0 aliphatic heterocycles. The lowest BCUT2D eigenvalue weighted by molar-refractivity contribution is 0.0691. The van der Waals surface area contributed by atoms with Gasteiger partial charge in [0.05, 0.1) is 6.54 Å². The Balaban J connectivity index is 2.00. The number of nitrogens with zero attached hydrogens (tertiary/aromatic N) is 1. The SMILES string of the molecule is Cc1cc(C(=O)NCc2nc(C(=O)O)cs2)ccc1N. The second-order valence-electron chi connectivity index (χ2n) is 4.19. The number of thiazole rings is 1. The van der Waals surface area contributed by atoms with Crippen molar-refractivity contribution < 1.29 is 14.7 Å². The van der Waals surface area contributed by atoms with Crippen molar-refractivity contribution >= 4 is 28.9 Å². The summed E-state index contributed by atoms with van der Waals surface area (Å²) in [4.78, 5) is 26.5. The molecule has 0 saturated heterocycles. The van der Waals surface area contributed by atoms with Gasteiger partial charge >= 0.3 is 5.97 Å². The molecule has 6 nitrogen and oxygen atoms in total. The third-order valence-electron chi connectivity index (χ3n) is 2.70. The third-order valence-corrected chi connectivity index (χ3v) is 3.55. The summed E-state index contributed by atoms with van der Waals surface area (Å²) in [6.07, 6.45) is 0. The lowest BCUT2D eigenvalue weighted by Crippen LogP contribution is -2.23. The highest BCUT2D eigenvalue weighted by molar-refractivity contribution is 7.09. The maximum atomic E-state index is 11.9. The van der Waals surface area contributed by atoms with E-state index in [1.54, 1.807) is 18.2 Å². The number of hydrogen-bond donors (Lipinski definition) is 3. The van der Waals surface area contributed by atoms with Gasteiger partial charge in [-0.2, -0.15) is 0 Å². The number of amides is 1. The van der Waals surface area contributed by atoms with Crippen molar-refractivity contribution in [2.24, 2.45) is 0 Å². The topological polar surface area (TPSA) is 105 Å². The van der Waals surface area contributed by atoms with Crippen LogP contribution in [0.1, 0.15) is 31.4 Å². The molecule has 0 saturated carbocycles. The number of benzene rings is 1. The van der Waals surface area contributed by atoms with Crippen LogP contribution in [-0.4, -0.2) is 22.0 Å². The number of aryl methyl sites for hydroxylation is 1. The quantitative estimate of drug-likeness (QED) is 0.743. The number of nitrogens with two attached hydrogens (primary N) is 1. The summed E-state index contributed by atoms with van der Waals surface area (Å²) in [6, 6.07) is 5.02. The van der Waals surface area contributed by atoms with Crippen molar-refractivity contribution in [3.63, 3.8) is 0 Å². The number of carboxylic acid groups (broad SMARTS) is 1. The Hall–Kier alpha value is -2.41. The van der Waals surface area contributed by atoms with Crippen LogP contribution in [0.3, 0.4) is 0 Å². The molecule has 0 fully saturated rings. The molecule has 0 radical (unpaired) electrons. The molecule has 0 aliphatic rings. The maximum absolute atomic E-state index is 11.9. The van der Waals surface area contributed by atoms with Gasteiger partial charge in [0.1, 0.15) is 5.01 Å². The van der Waals surface area contributed by atoms with Gasteiger partial charge in [0, 0.05) is 16.6 Å². The second kappa shape index (κ2) is 5.70. The van der Waals surface area contributed by atoms with Crippen molar-refractivity contribution in [2.75, 3.05) is 5.73 Å². The van der Waals surface area contributed by atoms with Crippen LogP contribution in [0.2, 0.25) is 0 Å². The monoisotopic (exact) mass is 291 g/mol. The van der Waals surface area contributed by atoms with E-state index in [1.165, 1.54) is 16.7 Å². The van der Waals surface area contributed by atoms with E-state index in [-0.39, 0.29) is 18.1 Å². The van der Waals surface area contributed by atoms with Gasteiger partial charge in [-0.3, -0.25) is 4.79 Å². The van der Waals surface area contributed by atoms with Crippen molar-refractivity contribution in [3.8, 4) is 0 Å². The normalized spacial score (nSPS) is 10.2. The zero-order chi connectivity index (χ0) is 14.7. The third kappa shape index (κ3) is 3.12. The average Bonchev–Trinajstić information content (AvgIpc) is 2.88. The minimum absolute atomic E-state index is 0.0115. The standard InChI is InChI=1S/C13H13N3O3S/c1-7-4-8(2-3-9(7)14)12(17)15-5-11-16-10(6-20-11)13(18)19/h2-4,6H,5,14H2,1H3,(H,15,17)(H,18,19). The molecule has 2 rings (SSSR count). The molecule has 104 valence electrons. The van der Waals surface area contributed by atoms with Gasteiger partial charge in [0.25, 0.3) is 5.91 Å². The fraction of sp³-hybridized carbons (Fsp3) is 0.154. The molecule has 1 heterocycles. The number of nitrogens with one attached hydrogen (secondary N) is 1. The molecule has 0 spiro atoms. The fourth-order valence-corrected chi connectivity index (χ4v) is 2.27. The molecule has 0 unspecified atom stereocenters. The summed E-state index contributed by atoms with van der Waals surface area (Å²) < 4.78 is 0. The number of aromatic carboxylic acids is 1. The van der Waals surface area contributed by atoms with Crippen LogP contribution in [0.15, 0.2) is 23.6 Å². The summed E-state index contributed by atoms with van der Waals surface area (Å²) in [7, 11) is 0. The first-order valence-corrected chi connectivity index (χ1v) is 6.67.